The van der Waals surface area contributed by atoms with Gasteiger partial charge in [-0.15, -0.1) is 22.0 Å². The van der Waals surface area contributed by atoms with Crippen molar-refractivity contribution in [2.45, 2.75) is 32.6 Å². The Morgan fingerprint density at radius 1 is 1.14 bits per heavy atom. The van der Waals surface area contributed by atoms with E-state index >= 15 is 0 Å². The second kappa shape index (κ2) is 10.5. The molecular weight excluding hydrogens is 472 g/mol. The van der Waals surface area contributed by atoms with E-state index in [0.717, 1.165) is 29.0 Å². The third-order valence-electron chi connectivity index (χ3n) is 6.07. The number of ether oxygens (including phenoxy) is 1. The first kappa shape index (κ1) is 24.0. The minimum atomic E-state index is -0.290. The van der Waals surface area contributed by atoms with E-state index in [1.807, 2.05) is 53.2 Å². The fourth-order valence-corrected chi connectivity index (χ4v) is 5.00. The highest BCUT2D eigenvalue weighted by Crippen LogP contribution is 2.31. The van der Waals surface area contributed by atoms with E-state index in [1.165, 1.54) is 0 Å². The molecule has 4 heterocycles. The minimum absolute atomic E-state index is 0.116. The lowest BCUT2D eigenvalue weighted by Crippen LogP contribution is -2.17. The summed E-state index contributed by atoms with van der Waals surface area (Å²) in [7, 11) is 0. The van der Waals surface area contributed by atoms with Crippen LogP contribution < -0.4 is 10.1 Å². The molecule has 0 saturated heterocycles. The van der Waals surface area contributed by atoms with Crippen molar-refractivity contribution < 1.29 is 9.53 Å². The van der Waals surface area contributed by atoms with Gasteiger partial charge in [0.2, 0.25) is 0 Å². The summed E-state index contributed by atoms with van der Waals surface area (Å²) < 4.78 is 8.18. The van der Waals surface area contributed by atoms with Gasteiger partial charge in [-0.1, -0.05) is 32.0 Å². The van der Waals surface area contributed by atoms with E-state index in [2.05, 4.69) is 46.3 Å². The van der Waals surface area contributed by atoms with Gasteiger partial charge >= 0.3 is 0 Å². The normalized spacial score (nSPS) is 18.1. The van der Waals surface area contributed by atoms with Crippen LogP contribution >= 0.6 is 11.8 Å². The highest BCUT2D eigenvalue weighted by Gasteiger charge is 2.20. The average Bonchev–Trinajstić information content (AvgIpc) is 3.40. The summed E-state index contributed by atoms with van der Waals surface area (Å²) in [5, 5.41) is 11.5. The summed E-state index contributed by atoms with van der Waals surface area (Å²) in [6.07, 6.45) is 4.43. The zero-order chi connectivity index (χ0) is 25.1. The summed E-state index contributed by atoms with van der Waals surface area (Å²) in [4.78, 5) is 22.6. The van der Waals surface area contributed by atoms with Crippen LogP contribution in [-0.4, -0.2) is 43.0 Å². The van der Waals surface area contributed by atoms with Gasteiger partial charge in [-0.05, 0) is 55.2 Å². The number of rotatable bonds is 2. The van der Waals surface area contributed by atoms with Gasteiger partial charge in [-0.25, -0.2) is 4.98 Å². The summed E-state index contributed by atoms with van der Waals surface area (Å²) in [5.41, 5.74) is 3.96. The number of benzene rings is 1. The SMILES string of the molecule is CCc1ccc(-c2ccc3c(c2)C(=O)Nc2cccc(n2)-c2nncn2[C@@H](C)SC[C@@H](C)CO3)cn1. The monoisotopic (exact) mass is 500 g/mol. The van der Waals surface area contributed by atoms with Gasteiger partial charge in [0, 0.05) is 23.2 Å². The predicted molar refractivity (Wildman–Crippen MR) is 142 cm³/mol. The van der Waals surface area contributed by atoms with Crippen LogP contribution in [0.2, 0.25) is 0 Å². The Hall–Kier alpha value is -3.72. The highest BCUT2D eigenvalue weighted by molar-refractivity contribution is 7.99. The molecule has 2 bridgehead atoms. The first-order valence-corrected chi connectivity index (χ1v) is 13.1. The van der Waals surface area contributed by atoms with Gasteiger partial charge in [0.05, 0.1) is 17.5 Å². The highest BCUT2D eigenvalue weighted by atomic mass is 32.2. The maximum absolute atomic E-state index is 13.5. The van der Waals surface area contributed by atoms with Crippen molar-refractivity contribution in [3.63, 3.8) is 0 Å². The molecule has 0 aliphatic carbocycles. The molecular formula is C27H28N6O2S. The first-order chi connectivity index (χ1) is 17.5. The molecule has 0 unspecified atom stereocenters. The molecule has 8 nitrogen and oxygen atoms in total. The number of aromatic nitrogens is 5. The van der Waals surface area contributed by atoms with Crippen molar-refractivity contribution >= 4 is 23.5 Å². The molecule has 0 saturated carbocycles. The molecule has 4 aromatic rings. The molecule has 0 spiro atoms. The molecule has 0 radical (unpaired) electrons. The van der Waals surface area contributed by atoms with Gasteiger partial charge in [-0.2, -0.15) is 0 Å². The van der Waals surface area contributed by atoms with Crippen molar-refractivity contribution in [1.82, 2.24) is 24.7 Å². The maximum atomic E-state index is 13.5. The number of nitrogens with one attached hydrogen (secondary N) is 1. The second-order valence-electron chi connectivity index (χ2n) is 8.88. The van der Waals surface area contributed by atoms with E-state index in [0.29, 0.717) is 35.3 Å². The molecule has 1 aliphatic heterocycles. The zero-order valence-corrected chi connectivity index (χ0v) is 21.3. The molecule has 0 fully saturated rings. The molecule has 1 aromatic carbocycles. The molecule has 1 aliphatic rings. The molecule has 184 valence electrons. The Bertz CT molecular complexity index is 1370. The quantitative estimate of drug-likeness (QED) is 0.388. The third-order valence-corrected chi connectivity index (χ3v) is 7.55. The Balaban J connectivity index is 1.54. The number of pyridine rings is 2. The van der Waals surface area contributed by atoms with E-state index < -0.39 is 0 Å². The summed E-state index contributed by atoms with van der Waals surface area (Å²) in [5.74, 6) is 2.49. The Morgan fingerprint density at radius 2 is 2.00 bits per heavy atom. The zero-order valence-electron chi connectivity index (χ0n) is 20.5. The van der Waals surface area contributed by atoms with Crippen LogP contribution in [0.3, 0.4) is 0 Å². The predicted octanol–water partition coefficient (Wildman–Crippen LogP) is 5.50. The maximum Gasteiger partial charge on any atom is 0.260 e. The van der Waals surface area contributed by atoms with Crippen LogP contribution in [0.15, 0.2) is 61.1 Å². The van der Waals surface area contributed by atoms with Gasteiger partial charge in [0.15, 0.2) is 5.82 Å². The Morgan fingerprint density at radius 3 is 2.81 bits per heavy atom. The number of thioether (sulfide) groups is 1. The number of carbonyl (C=O) groups is 1. The number of hydrogen-bond acceptors (Lipinski definition) is 7. The van der Waals surface area contributed by atoms with Gasteiger partial charge in [0.1, 0.15) is 23.6 Å². The number of aryl methyl sites for hydroxylation is 1. The van der Waals surface area contributed by atoms with E-state index in [4.69, 9.17) is 4.74 Å². The minimum Gasteiger partial charge on any atom is -0.492 e. The molecule has 9 heteroatoms. The topological polar surface area (TPSA) is 94.8 Å². The third kappa shape index (κ3) is 5.11. The van der Waals surface area contributed by atoms with Crippen LogP contribution in [0.5, 0.6) is 5.75 Å². The number of amides is 1. The van der Waals surface area contributed by atoms with E-state index in [9.17, 15) is 4.79 Å². The van der Waals surface area contributed by atoms with Gasteiger partial charge < -0.3 is 10.1 Å². The van der Waals surface area contributed by atoms with Crippen LogP contribution in [-0.2, 0) is 6.42 Å². The molecule has 5 rings (SSSR count). The lowest BCUT2D eigenvalue weighted by molar-refractivity contribution is 0.102. The van der Waals surface area contributed by atoms with Crippen LogP contribution in [0, 0.1) is 5.92 Å². The summed E-state index contributed by atoms with van der Waals surface area (Å²) in [6, 6.07) is 15.2. The van der Waals surface area contributed by atoms with Crippen LogP contribution in [0.1, 0.15) is 42.2 Å². The summed E-state index contributed by atoms with van der Waals surface area (Å²) >= 11 is 1.80. The molecule has 3 aromatic heterocycles. The van der Waals surface area contributed by atoms with Crippen LogP contribution in [0.4, 0.5) is 5.82 Å². The van der Waals surface area contributed by atoms with Gasteiger partial charge in [0.25, 0.3) is 5.91 Å². The fourth-order valence-electron chi connectivity index (χ4n) is 3.99. The number of carbonyl (C=O) groups excluding carboxylic acids is 1. The largest absolute Gasteiger partial charge is 0.492 e. The molecule has 1 N–H and O–H groups in total. The lowest BCUT2D eigenvalue weighted by atomic mass is 10.0. The van der Waals surface area contributed by atoms with Crippen molar-refractivity contribution in [2.24, 2.45) is 5.92 Å². The molecule has 1 amide bonds. The van der Waals surface area contributed by atoms with E-state index in [1.54, 1.807) is 24.2 Å². The van der Waals surface area contributed by atoms with Crippen LogP contribution in [0.25, 0.3) is 22.6 Å². The standard InChI is InChI=1S/C27H28N6O2S/c1-4-21-10-8-20(13-28-21)19-9-11-24-22(12-19)27(34)31-25-7-5-6-23(30-25)26-32-29-16-33(26)18(3)36-15-17(2)14-35-24/h5-13,16-18H,4,14-15H2,1-3H3,(H,30,31,34)/t17-,18+/m0/s1. The van der Waals surface area contributed by atoms with Gasteiger partial charge in [-0.3, -0.25) is 14.3 Å². The Kier molecular flexibility index (Phi) is 6.99. The average molecular weight is 501 g/mol. The molecule has 36 heavy (non-hydrogen) atoms. The smallest absolute Gasteiger partial charge is 0.260 e. The van der Waals surface area contributed by atoms with E-state index in [-0.39, 0.29) is 17.2 Å². The van der Waals surface area contributed by atoms with Crippen molar-refractivity contribution in [2.75, 3.05) is 17.7 Å². The Labute approximate surface area is 214 Å². The van der Waals surface area contributed by atoms with Crippen molar-refractivity contribution in [3.8, 4) is 28.4 Å². The van der Waals surface area contributed by atoms with Crippen molar-refractivity contribution in [3.05, 3.63) is 72.3 Å². The molecule has 2 atom stereocenters. The number of anilines is 1. The number of nitrogens with zero attached hydrogens (tertiary/aromatic N) is 5. The second-order valence-corrected chi connectivity index (χ2v) is 10.2. The number of hydrogen-bond donors (Lipinski definition) is 1. The van der Waals surface area contributed by atoms with Crippen molar-refractivity contribution in [1.29, 1.82) is 0 Å². The lowest BCUT2D eigenvalue weighted by Gasteiger charge is -2.18. The number of fused-ring (bicyclic) bond motifs is 5. The summed E-state index contributed by atoms with van der Waals surface area (Å²) in [6.45, 7) is 6.83. The first-order valence-electron chi connectivity index (χ1n) is 12.0. The fraction of sp³-hybridized carbons (Fsp3) is 0.296.